The van der Waals surface area contributed by atoms with Gasteiger partial charge < -0.3 is 0 Å². The maximum absolute atomic E-state index is 10.6. The van der Waals surface area contributed by atoms with Crippen LogP contribution in [0.3, 0.4) is 0 Å². The first-order valence-electron chi connectivity index (χ1n) is 2.64. The zero-order chi connectivity index (χ0) is 8.36. The van der Waals surface area contributed by atoms with E-state index in [2.05, 4.69) is 0 Å². The highest BCUT2D eigenvalue weighted by molar-refractivity contribution is 7.91. The topological polar surface area (TPSA) is 77.3 Å². The van der Waals surface area contributed by atoms with Crippen LogP contribution in [0.4, 0.5) is 0 Å². The first kappa shape index (κ1) is 9.35. The fourth-order valence-corrected chi connectivity index (χ4v) is 0.738. The van der Waals surface area contributed by atoms with E-state index in [4.69, 9.17) is 0 Å². The molecule has 0 spiro atoms. The fraction of sp³-hybridized carbons (Fsp3) is 1.00. The summed E-state index contributed by atoms with van der Waals surface area (Å²) in [5.74, 6) is 0. The Bertz CT molecular complexity index is 219. The van der Waals surface area contributed by atoms with E-state index in [0.29, 0.717) is 0 Å². The maximum Gasteiger partial charge on any atom is 0.220 e. The monoisotopic (exact) mass is 167 g/mol. The third kappa shape index (κ3) is 3.39. The van der Waals surface area contributed by atoms with Gasteiger partial charge in [-0.3, -0.25) is 10.1 Å². The van der Waals surface area contributed by atoms with Gasteiger partial charge in [-0.05, 0) is 6.92 Å². The molecule has 0 N–H and O–H groups in total. The summed E-state index contributed by atoms with van der Waals surface area (Å²) in [7, 11) is -3.24. The molecule has 0 heterocycles. The number of nitro groups is 1. The van der Waals surface area contributed by atoms with E-state index >= 15 is 0 Å². The summed E-state index contributed by atoms with van der Waals surface area (Å²) in [4.78, 5) is 9.16. The summed E-state index contributed by atoms with van der Waals surface area (Å²) >= 11 is 0. The molecule has 0 aliphatic carbocycles. The molecule has 0 saturated carbocycles. The Morgan fingerprint density at radius 3 is 2.10 bits per heavy atom. The van der Waals surface area contributed by atoms with Crippen LogP contribution < -0.4 is 0 Å². The van der Waals surface area contributed by atoms with Crippen LogP contribution in [0.1, 0.15) is 6.92 Å². The molecule has 60 valence electrons. The van der Waals surface area contributed by atoms with Crippen molar-refractivity contribution in [1.82, 2.24) is 0 Å². The average molecular weight is 167 g/mol. The fourth-order valence-electron chi connectivity index (χ4n) is 0.345. The first-order chi connectivity index (χ1) is 4.34. The SMILES string of the molecule is CC(C[N+](=O)[O-])S(C)(=O)=O. The molecule has 6 heteroatoms. The summed E-state index contributed by atoms with van der Waals surface area (Å²) < 4.78 is 21.1. The molecule has 5 nitrogen and oxygen atoms in total. The Kier molecular flexibility index (Phi) is 2.77. The number of rotatable bonds is 3. The molecule has 0 aliphatic rings. The number of hydrogen-bond donors (Lipinski definition) is 0. The molecule has 10 heavy (non-hydrogen) atoms. The third-order valence-electron chi connectivity index (χ3n) is 1.14. The molecule has 0 aromatic heterocycles. The molecule has 0 saturated heterocycles. The molecular formula is C4H9NO4S. The van der Waals surface area contributed by atoms with Gasteiger partial charge in [0.15, 0.2) is 9.84 Å². The molecule has 0 aromatic rings. The van der Waals surface area contributed by atoms with Gasteiger partial charge in [0.25, 0.3) is 0 Å². The van der Waals surface area contributed by atoms with Crippen molar-refractivity contribution in [3.63, 3.8) is 0 Å². The number of nitrogens with zero attached hydrogens (tertiary/aromatic N) is 1. The van der Waals surface area contributed by atoms with Crippen molar-refractivity contribution in [2.75, 3.05) is 12.8 Å². The van der Waals surface area contributed by atoms with Gasteiger partial charge in [0.1, 0.15) is 5.25 Å². The van der Waals surface area contributed by atoms with Gasteiger partial charge in [0, 0.05) is 11.2 Å². The molecule has 0 radical (unpaired) electrons. The van der Waals surface area contributed by atoms with Crippen LogP contribution in [0.15, 0.2) is 0 Å². The van der Waals surface area contributed by atoms with E-state index in [1.807, 2.05) is 0 Å². The van der Waals surface area contributed by atoms with Gasteiger partial charge in [0.2, 0.25) is 6.54 Å². The highest BCUT2D eigenvalue weighted by atomic mass is 32.2. The quantitative estimate of drug-likeness (QED) is 0.427. The van der Waals surface area contributed by atoms with Crippen molar-refractivity contribution in [2.24, 2.45) is 0 Å². The predicted molar refractivity (Wildman–Crippen MR) is 36.2 cm³/mol. The van der Waals surface area contributed by atoms with Gasteiger partial charge in [-0.2, -0.15) is 0 Å². The smallest absolute Gasteiger partial charge is 0.220 e. The Morgan fingerprint density at radius 1 is 1.60 bits per heavy atom. The molecule has 1 atom stereocenters. The van der Waals surface area contributed by atoms with Gasteiger partial charge in [-0.15, -0.1) is 0 Å². The van der Waals surface area contributed by atoms with E-state index in [-0.39, 0.29) is 0 Å². The van der Waals surface area contributed by atoms with E-state index in [1.54, 1.807) is 0 Å². The Hall–Kier alpha value is -0.650. The molecule has 0 fully saturated rings. The minimum atomic E-state index is -3.24. The van der Waals surface area contributed by atoms with Crippen molar-refractivity contribution in [3.8, 4) is 0 Å². The number of hydrogen-bond acceptors (Lipinski definition) is 4. The molecule has 0 rings (SSSR count). The van der Waals surface area contributed by atoms with Crippen molar-refractivity contribution >= 4 is 9.84 Å². The van der Waals surface area contributed by atoms with Gasteiger partial charge in [0.05, 0.1) is 0 Å². The van der Waals surface area contributed by atoms with Gasteiger partial charge in [-0.1, -0.05) is 0 Å². The van der Waals surface area contributed by atoms with Crippen LogP contribution >= 0.6 is 0 Å². The largest absolute Gasteiger partial charge is 0.265 e. The average Bonchev–Trinajstić information content (AvgIpc) is 1.60. The lowest BCUT2D eigenvalue weighted by atomic mass is 10.5. The lowest BCUT2D eigenvalue weighted by Crippen LogP contribution is -2.24. The summed E-state index contributed by atoms with van der Waals surface area (Å²) in [6.07, 6.45) is 0.987. The van der Waals surface area contributed by atoms with Gasteiger partial charge in [-0.25, -0.2) is 8.42 Å². The Morgan fingerprint density at radius 2 is 2.00 bits per heavy atom. The molecule has 0 aromatic carbocycles. The van der Waals surface area contributed by atoms with E-state index in [0.717, 1.165) is 6.26 Å². The minimum absolute atomic E-state index is 0.515. The predicted octanol–water partition coefficient (Wildman–Crippen LogP) is -0.304. The lowest BCUT2D eigenvalue weighted by molar-refractivity contribution is -0.478. The van der Waals surface area contributed by atoms with Crippen LogP contribution in [0.2, 0.25) is 0 Å². The molecular weight excluding hydrogens is 158 g/mol. The van der Waals surface area contributed by atoms with Crippen LogP contribution in [0.25, 0.3) is 0 Å². The first-order valence-corrected chi connectivity index (χ1v) is 4.60. The van der Waals surface area contributed by atoms with Crippen LogP contribution in [0.5, 0.6) is 0 Å². The highest BCUT2D eigenvalue weighted by Gasteiger charge is 2.19. The second kappa shape index (κ2) is 2.96. The molecule has 0 bridgehead atoms. The van der Waals surface area contributed by atoms with Gasteiger partial charge >= 0.3 is 0 Å². The van der Waals surface area contributed by atoms with Crippen LogP contribution in [0, 0.1) is 10.1 Å². The molecule has 0 amide bonds. The van der Waals surface area contributed by atoms with E-state index in [1.165, 1.54) is 6.92 Å². The van der Waals surface area contributed by atoms with Crippen molar-refractivity contribution in [1.29, 1.82) is 0 Å². The van der Waals surface area contributed by atoms with E-state index < -0.39 is 26.6 Å². The minimum Gasteiger partial charge on any atom is -0.265 e. The summed E-state index contributed by atoms with van der Waals surface area (Å²) in [5, 5.41) is 8.91. The standard InChI is InChI=1S/C4H9NO4S/c1-4(3-5(6)7)10(2,8)9/h4H,3H2,1-2H3. The van der Waals surface area contributed by atoms with Crippen LogP contribution in [-0.2, 0) is 9.84 Å². The summed E-state index contributed by atoms with van der Waals surface area (Å²) in [6.45, 7) is 0.803. The van der Waals surface area contributed by atoms with Crippen molar-refractivity contribution < 1.29 is 13.3 Å². The third-order valence-corrected chi connectivity index (χ3v) is 2.75. The second-order valence-corrected chi connectivity index (χ2v) is 4.62. The van der Waals surface area contributed by atoms with Crippen molar-refractivity contribution in [3.05, 3.63) is 10.1 Å². The summed E-state index contributed by atoms with van der Waals surface area (Å²) in [5.41, 5.74) is 0. The zero-order valence-corrected chi connectivity index (χ0v) is 6.59. The van der Waals surface area contributed by atoms with Crippen molar-refractivity contribution in [2.45, 2.75) is 12.2 Å². The Balaban J connectivity index is 4.12. The molecule has 1 unspecified atom stereocenters. The lowest BCUT2D eigenvalue weighted by Gasteiger charge is -2.01. The Labute approximate surface area is 59.1 Å². The summed E-state index contributed by atoms with van der Waals surface area (Å²) in [6, 6.07) is 0. The zero-order valence-electron chi connectivity index (χ0n) is 5.77. The van der Waals surface area contributed by atoms with E-state index in [9.17, 15) is 18.5 Å². The normalized spacial score (nSPS) is 14.6. The number of sulfone groups is 1. The highest BCUT2D eigenvalue weighted by Crippen LogP contribution is 1.96. The second-order valence-electron chi connectivity index (χ2n) is 2.16. The molecule has 0 aliphatic heterocycles. The maximum atomic E-state index is 10.6. The van der Waals surface area contributed by atoms with Crippen LogP contribution in [-0.4, -0.2) is 31.4 Å².